The smallest absolute Gasteiger partial charge is 0.322 e. The molecule has 0 aliphatic carbocycles. The lowest BCUT2D eigenvalue weighted by atomic mass is 10.0. The fourth-order valence-corrected chi connectivity index (χ4v) is 3.23. The van der Waals surface area contributed by atoms with Gasteiger partial charge in [-0.25, -0.2) is 9.78 Å². The molecule has 0 saturated carbocycles. The zero-order valence-electron chi connectivity index (χ0n) is 16.1. The first-order valence-electron chi connectivity index (χ1n) is 8.98. The Bertz CT molecular complexity index is 1190. The number of halogens is 1. The number of hydrogen-bond acceptors (Lipinski definition) is 4. The van der Waals surface area contributed by atoms with Gasteiger partial charge < -0.3 is 5.32 Å². The summed E-state index contributed by atoms with van der Waals surface area (Å²) in [6.07, 6.45) is 0. The van der Waals surface area contributed by atoms with Crippen molar-refractivity contribution in [1.82, 2.24) is 14.5 Å². The van der Waals surface area contributed by atoms with E-state index in [4.69, 9.17) is 0 Å². The molecule has 0 unspecified atom stereocenters. The molecule has 146 valence electrons. The maximum atomic E-state index is 13.0. The van der Waals surface area contributed by atoms with Gasteiger partial charge in [-0.05, 0) is 49.6 Å². The normalized spacial score (nSPS) is 11.2. The molecule has 7 nitrogen and oxygen atoms in total. The number of benzene rings is 1. The molecule has 0 saturated heterocycles. The second-order valence-electron chi connectivity index (χ2n) is 6.87. The zero-order chi connectivity index (χ0) is 20.6. The Labute approximate surface area is 169 Å². The number of anilines is 1. The van der Waals surface area contributed by atoms with Crippen LogP contribution >= 0.6 is 15.9 Å². The molecule has 2 aromatic heterocycles. The van der Waals surface area contributed by atoms with Crippen LogP contribution in [0.1, 0.15) is 48.3 Å². The summed E-state index contributed by atoms with van der Waals surface area (Å²) in [5.41, 5.74) is 1.47. The average Bonchev–Trinajstić information content (AvgIpc) is 2.63. The number of fused-ring (bicyclic) bond motifs is 1. The minimum absolute atomic E-state index is 0.0190. The van der Waals surface area contributed by atoms with Gasteiger partial charge in [0.15, 0.2) is 5.65 Å². The van der Waals surface area contributed by atoms with Gasteiger partial charge in [0.05, 0.1) is 10.9 Å². The van der Waals surface area contributed by atoms with Crippen molar-refractivity contribution in [2.24, 2.45) is 0 Å². The molecule has 0 aliphatic heterocycles. The summed E-state index contributed by atoms with van der Waals surface area (Å²) in [5.74, 6) is -0.409. The average molecular weight is 445 g/mol. The number of nitrogens with one attached hydrogen (secondary N) is 2. The molecule has 0 atom stereocenters. The molecule has 0 spiro atoms. The van der Waals surface area contributed by atoms with Crippen molar-refractivity contribution in [3.05, 3.63) is 66.4 Å². The lowest BCUT2D eigenvalue weighted by Crippen LogP contribution is -2.32. The van der Waals surface area contributed by atoms with E-state index in [0.717, 1.165) is 10.0 Å². The first kappa shape index (κ1) is 20.0. The monoisotopic (exact) mass is 444 g/mol. The van der Waals surface area contributed by atoms with Crippen molar-refractivity contribution in [2.75, 3.05) is 5.32 Å². The molecule has 0 bridgehead atoms. The number of hydrogen-bond donors (Lipinski definition) is 2. The van der Waals surface area contributed by atoms with E-state index in [9.17, 15) is 14.4 Å². The fourth-order valence-electron chi connectivity index (χ4n) is 2.98. The van der Waals surface area contributed by atoms with Crippen LogP contribution in [0.4, 0.5) is 5.69 Å². The van der Waals surface area contributed by atoms with Crippen LogP contribution in [0.15, 0.2) is 38.3 Å². The zero-order valence-corrected chi connectivity index (χ0v) is 17.7. The number of nitrogens with zero attached hydrogens (tertiary/aromatic N) is 2. The van der Waals surface area contributed by atoms with Gasteiger partial charge in [-0.15, -0.1) is 0 Å². The van der Waals surface area contributed by atoms with E-state index in [0.29, 0.717) is 17.9 Å². The third-order valence-electron chi connectivity index (χ3n) is 4.54. The predicted octanol–water partition coefficient (Wildman–Crippen LogP) is 3.55. The SMILES string of the molecule is CCn1c(=O)[nH]c(=O)c2c(C(=O)Nc3ccc(Br)c(C)c3)cc(C(C)C)nc21. The molecule has 28 heavy (non-hydrogen) atoms. The minimum atomic E-state index is -0.621. The molecule has 2 heterocycles. The van der Waals surface area contributed by atoms with Gasteiger partial charge in [0.2, 0.25) is 0 Å². The van der Waals surface area contributed by atoms with E-state index >= 15 is 0 Å². The number of pyridine rings is 1. The molecular weight excluding hydrogens is 424 g/mol. The van der Waals surface area contributed by atoms with Crippen molar-refractivity contribution in [2.45, 2.75) is 40.2 Å². The highest BCUT2D eigenvalue weighted by molar-refractivity contribution is 9.10. The van der Waals surface area contributed by atoms with E-state index in [-0.39, 0.29) is 22.5 Å². The van der Waals surface area contributed by atoms with E-state index in [1.54, 1.807) is 19.1 Å². The Kier molecular flexibility index (Phi) is 5.51. The molecule has 2 N–H and O–H groups in total. The predicted molar refractivity (Wildman–Crippen MR) is 113 cm³/mol. The lowest BCUT2D eigenvalue weighted by molar-refractivity contribution is 0.102. The number of amides is 1. The van der Waals surface area contributed by atoms with E-state index in [1.165, 1.54) is 4.57 Å². The van der Waals surface area contributed by atoms with Gasteiger partial charge in [-0.3, -0.25) is 19.1 Å². The summed E-state index contributed by atoms with van der Waals surface area (Å²) in [5, 5.41) is 2.94. The second kappa shape index (κ2) is 7.71. The van der Waals surface area contributed by atoms with Crippen molar-refractivity contribution in [3.63, 3.8) is 0 Å². The summed E-state index contributed by atoms with van der Waals surface area (Å²) in [6, 6.07) is 7.07. The van der Waals surface area contributed by atoms with Crippen molar-refractivity contribution in [3.8, 4) is 0 Å². The topological polar surface area (TPSA) is 96.9 Å². The van der Waals surface area contributed by atoms with Crippen molar-refractivity contribution >= 4 is 38.6 Å². The number of H-pyrrole nitrogens is 1. The van der Waals surface area contributed by atoms with Gasteiger partial charge in [0, 0.05) is 22.4 Å². The third kappa shape index (κ3) is 3.64. The summed E-state index contributed by atoms with van der Waals surface area (Å²) in [7, 11) is 0. The Morgan fingerprint density at radius 3 is 2.61 bits per heavy atom. The maximum absolute atomic E-state index is 13.0. The van der Waals surface area contributed by atoms with Crippen LogP contribution in [0.25, 0.3) is 11.0 Å². The molecule has 3 aromatic rings. The molecule has 8 heteroatoms. The maximum Gasteiger partial charge on any atom is 0.329 e. The molecule has 0 radical (unpaired) electrons. The quantitative estimate of drug-likeness (QED) is 0.642. The highest BCUT2D eigenvalue weighted by atomic mass is 79.9. The number of aromatic amines is 1. The Hall–Kier alpha value is -2.74. The largest absolute Gasteiger partial charge is 0.329 e. The first-order chi connectivity index (χ1) is 13.2. The Morgan fingerprint density at radius 1 is 1.29 bits per heavy atom. The number of aryl methyl sites for hydroxylation is 2. The van der Waals surface area contributed by atoms with Crippen molar-refractivity contribution < 1.29 is 4.79 Å². The van der Waals surface area contributed by atoms with E-state index < -0.39 is 17.2 Å². The molecular formula is C20H21BrN4O3. The van der Waals surface area contributed by atoms with Crippen LogP contribution < -0.4 is 16.6 Å². The molecule has 1 aromatic carbocycles. The van der Waals surface area contributed by atoms with E-state index in [1.807, 2.05) is 32.9 Å². The van der Waals surface area contributed by atoms with Gasteiger partial charge in [-0.1, -0.05) is 29.8 Å². The highest BCUT2D eigenvalue weighted by Crippen LogP contribution is 2.23. The lowest BCUT2D eigenvalue weighted by Gasteiger charge is -2.14. The summed E-state index contributed by atoms with van der Waals surface area (Å²) in [6.45, 7) is 7.91. The van der Waals surface area contributed by atoms with Crippen LogP contribution in [0.3, 0.4) is 0 Å². The number of rotatable bonds is 4. The van der Waals surface area contributed by atoms with Gasteiger partial charge in [-0.2, -0.15) is 0 Å². The molecule has 0 fully saturated rings. The van der Waals surface area contributed by atoms with Crippen LogP contribution in [0, 0.1) is 6.92 Å². The number of carbonyl (C=O) groups excluding carboxylic acids is 1. The van der Waals surface area contributed by atoms with Crippen molar-refractivity contribution in [1.29, 1.82) is 0 Å². The van der Waals surface area contributed by atoms with Crippen LogP contribution in [-0.2, 0) is 6.54 Å². The second-order valence-corrected chi connectivity index (χ2v) is 7.72. The van der Waals surface area contributed by atoms with Crippen LogP contribution in [0.2, 0.25) is 0 Å². The molecule has 0 aliphatic rings. The van der Waals surface area contributed by atoms with Gasteiger partial charge in [0.1, 0.15) is 0 Å². The first-order valence-corrected chi connectivity index (χ1v) is 9.77. The fraction of sp³-hybridized carbons (Fsp3) is 0.300. The van der Waals surface area contributed by atoms with Crippen LogP contribution in [0.5, 0.6) is 0 Å². The summed E-state index contributed by atoms with van der Waals surface area (Å²) < 4.78 is 2.30. The van der Waals surface area contributed by atoms with Gasteiger partial charge >= 0.3 is 5.69 Å². The molecule has 1 amide bonds. The summed E-state index contributed by atoms with van der Waals surface area (Å²) >= 11 is 3.43. The standard InChI is InChI=1S/C20H21BrN4O3/c1-5-25-17-16(19(27)24-20(25)28)13(9-15(23-17)10(2)3)18(26)22-12-6-7-14(21)11(4)8-12/h6-10H,5H2,1-4H3,(H,22,26)(H,24,27,28). The Balaban J connectivity index is 2.23. The highest BCUT2D eigenvalue weighted by Gasteiger charge is 2.20. The Morgan fingerprint density at radius 2 is 2.00 bits per heavy atom. The number of aromatic nitrogens is 3. The van der Waals surface area contributed by atoms with Crippen LogP contribution in [-0.4, -0.2) is 20.4 Å². The van der Waals surface area contributed by atoms with E-state index in [2.05, 4.69) is 31.2 Å². The molecule has 3 rings (SSSR count). The third-order valence-corrected chi connectivity index (χ3v) is 5.43. The minimum Gasteiger partial charge on any atom is -0.322 e. The number of carbonyl (C=O) groups is 1. The van der Waals surface area contributed by atoms with Gasteiger partial charge in [0.25, 0.3) is 11.5 Å². The summed E-state index contributed by atoms with van der Waals surface area (Å²) in [4.78, 5) is 44.5.